The SMILES string of the molecule is CCc1ccc(C(=O)O[C@@H](C)C(=O)Nc2cc(C(F)(F)F)ccc2Cl)cc1. The Hall–Kier alpha value is -2.54. The molecule has 0 saturated carbocycles. The van der Waals surface area contributed by atoms with Gasteiger partial charge in [0.25, 0.3) is 5.91 Å². The first kappa shape index (κ1) is 20.8. The van der Waals surface area contributed by atoms with Gasteiger partial charge in [0.05, 0.1) is 21.8 Å². The molecule has 0 unspecified atom stereocenters. The van der Waals surface area contributed by atoms with Crippen LogP contribution in [-0.4, -0.2) is 18.0 Å². The van der Waals surface area contributed by atoms with Crippen LogP contribution in [0.25, 0.3) is 0 Å². The van der Waals surface area contributed by atoms with Crippen LogP contribution in [0.5, 0.6) is 0 Å². The van der Waals surface area contributed by atoms with Crippen molar-refractivity contribution in [2.24, 2.45) is 0 Å². The van der Waals surface area contributed by atoms with Gasteiger partial charge in [-0.25, -0.2) is 4.79 Å². The number of aryl methyl sites for hydroxylation is 1. The summed E-state index contributed by atoms with van der Waals surface area (Å²) in [5.74, 6) is -1.51. The van der Waals surface area contributed by atoms with Gasteiger partial charge >= 0.3 is 12.1 Å². The summed E-state index contributed by atoms with van der Waals surface area (Å²) in [4.78, 5) is 24.3. The minimum atomic E-state index is -4.58. The molecule has 0 radical (unpaired) electrons. The monoisotopic (exact) mass is 399 g/mol. The normalized spacial score (nSPS) is 12.4. The number of halogens is 4. The van der Waals surface area contributed by atoms with Gasteiger partial charge < -0.3 is 10.1 Å². The second kappa shape index (κ2) is 8.43. The highest BCUT2D eigenvalue weighted by atomic mass is 35.5. The van der Waals surface area contributed by atoms with E-state index < -0.39 is 29.7 Å². The third-order valence-electron chi connectivity index (χ3n) is 3.80. The molecule has 2 aromatic rings. The molecule has 0 aromatic heterocycles. The van der Waals surface area contributed by atoms with Crippen LogP contribution in [-0.2, 0) is 22.1 Å². The van der Waals surface area contributed by atoms with Crippen molar-refractivity contribution in [3.8, 4) is 0 Å². The van der Waals surface area contributed by atoms with Crippen LogP contribution in [0, 0.1) is 0 Å². The number of alkyl halides is 3. The van der Waals surface area contributed by atoms with Crippen molar-refractivity contribution < 1.29 is 27.5 Å². The maximum Gasteiger partial charge on any atom is 0.416 e. The maximum absolute atomic E-state index is 12.8. The lowest BCUT2D eigenvalue weighted by molar-refractivity contribution is -0.137. The van der Waals surface area contributed by atoms with E-state index >= 15 is 0 Å². The van der Waals surface area contributed by atoms with Crippen molar-refractivity contribution in [2.45, 2.75) is 32.5 Å². The fourth-order valence-corrected chi connectivity index (χ4v) is 2.36. The van der Waals surface area contributed by atoms with E-state index in [-0.39, 0.29) is 16.3 Å². The fourth-order valence-electron chi connectivity index (χ4n) is 2.19. The van der Waals surface area contributed by atoms with E-state index in [2.05, 4.69) is 5.32 Å². The van der Waals surface area contributed by atoms with Crippen LogP contribution in [0.15, 0.2) is 42.5 Å². The van der Waals surface area contributed by atoms with E-state index in [1.54, 1.807) is 24.3 Å². The number of benzene rings is 2. The molecule has 4 nitrogen and oxygen atoms in total. The second-order valence-corrected chi connectivity index (χ2v) is 6.19. The van der Waals surface area contributed by atoms with E-state index in [9.17, 15) is 22.8 Å². The number of ether oxygens (including phenoxy) is 1. The van der Waals surface area contributed by atoms with Gasteiger partial charge in [0, 0.05) is 0 Å². The molecular weight excluding hydrogens is 383 g/mol. The summed E-state index contributed by atoms with van der Waals surface area (Å²) < 4.78 is 43.4. The molecule has 0 bridgehead atoms. The molecule has 0 aliphatic heterocycles. The van der Waals surface area contributed by atoms with Crippen LogP contribution in [0.4, 0.5) is 18.9 Å². The van der Waals surface area contributed by atoms with Crippen molar-refractivity contribution >= 4 is 29.2 Å². The van der Waals surface area contributed by atoms with Gasteiger partial charge in [-0.05, 0) is 49.2 Å². The molecule has 0 spiro atoms. The number of carbonyl (C=O) groups is 2. The highest BCUT2D eigenvalue weighted by Gasteiger charge is 2.31. The van der Waals surface area contributed by atoms with Crippen LogP contribution < -0.4 is 5.32 Å². The highest BCUT2D eigenvalue weighted by Crippen LogP contribution is 2.33. The number of rotatable bonds is 5. The summed E-state index contributed by atoms with van der Waals surface area (Å²) >= 11 is 5.84. The Labute approximate surface area is 159 Å². The van der Waals surface area contributed by atoms with E-state index in [0.29, 0.717) is 0 Å². The average Bonchev–Trinajstić information content (AvgIpc) is 2.62. The first-order valence-electron chi connectivity index (χ1n) is 8.09. The summed E-state index contributed by atoms with van der Waals surface area (Å²) in [6.45, 7) is 3.29. The fraction of sp³-hybridized carbons (Fsp3) is 0.263. The molecule has 2 rings (SSSR count). The summed E-state index contributed by atoms with van der Waals surface area (Å²) in [7, 11) is 0. The molecule has 144 valence electrons. The van der Waals surface area contributed by atoms with Gasteiger partial charge in [0.1, 0.15) is 0 Å². The van der Waals surface area contributed by atoms with Gasteiger partial charge in [-0.2, -0.15) is 13.2 Å². The Morgan fingerprint density at radius 3 is 2.33 bits per heavy atom. The molecule has 0 aliphatic carbocycles. The molecule has 1 amide bonds. The Morgan fingerprint density at radius 2 is 1.78 bits per heavy atom. The van der Waals surface area contributed by atoms with Gasteiger partial charge in [0.15, 0.2) is 6.10 Å². The molecule has 0 fully saturated rings. The lowest BCUT2D eigenvalue weighted by atomic mass is 10.1. The minimum absolute atomic E-state index is 0.0648. The molecule has 0 saturated heterocycles. The molecule has 1 atom stereocenters. The third kappa shape index (κ3) is 5.47. The Kier molecular flexibility index (Phi) is 6.49. The summed E-state index contributed by atoms with van der Waals surface area (Å²) in [5, 5.41) is 2.18. The van der Waals surface area contributed by atoms with Crippen LogP contribution >= 0.6 is 11.6 Å². The predicted molar refractivity (Wildman–Crippen MR) is 95.8 cm³/mol. The average molecular weight is 400 g/mol. The number of esters is 1. The summed E-state index contributed by atoms with van der Waals surface area (Å²) in [6.07, 6.45) is -4.99. The summed E-state index contributed by atoms with van der Waals surface area (Å²) in [5.41, 5.74) is 0.134. The van der Waals surface area contributed by atoms with Crippen molar-refractivity contribution in [1.29, 1.82) is 0 Å². The van der Waals surface area contributed by atoms with Crippen LogP contribution in [0.2, 0.25) is 5.02 Å². The van der Waals surface area contributed by atoms with Crippen molar-refractivity contribution in [3.63, 3.8) is 0 Å². The molecule has 0 heterocycles. The zero-order chi connectivity index (χ0) is 20.2. The van der Waals surface area contributed by atoms with E-state index in [0.717, 1.165) is 30.2 Å². The van der Waals surface area contributed by atoms with Gasteiger partial charge in [-0.1, -0.05) is 30.7 Å². The minimum Gasteiger partial charge on any atom is -0.449 e. The first-order chi connectivity index (χ1) is 12.6. The lowest BCUT2D eigenvalue weighted by Crippen LogP contribution is -2.30. The maximum atomic E-state index is 12.8. The van der Waals surface area contributed by atoms with E-state index in [1.165, 1.54) is 6.92 Å². The number of hydrogen-bond acceptors (Lipinski definition) is 3. The molecular formula is C19H17ClF3NO3. The number of carbonyl (C=O) groups excluding carboxylic acids is 2. The van der Waals surface area contributed by atoms with Gasteiger partial charge in [-0.3, -0.25) is 4.79 Å². The van der Waals surface area contributed by atoms with E-state index in [4.69, 9.17) is 16.3 Å². The largest absolute Gasteiger partial charge is 0.449 e. The highest BCUT2D eigenvalue weighted by molar-refractivity contribution is 6.33. The Balaban J connectivity index is 2.06. The first-order valence-corrected chi connectivity index (χ1v) is 8.47. The quantitative estimate of drug-likeness (QED) is 0.711. The van der Waals surface area contributed by atoms with Gasteiger partial charge in [0.2, 0.25) is 0 Å². The van der Waals surface area contributed by atoms with Crippen LogP contribution in [0.1, 0.15) is 35.3 Å². The number of nitrogens with one attached hydrogen (secondary N) is 1. The predicted octanol–water partition coefficient (Wildman–Crippen LogP) is 5.11. The van der Waals surface area contributed by atoms with Crippen molar-refractivity contribution in [2.75, 3.05) is 5.32 Å². The third-order valence-corrected chi connectivity index (χ3v) is 4.13. The molecule has 8 heteroatoms. The summed E-state index contributed by atoms with van der Waals surface area (Å²) in [6, 6.07) is 9.25. The topological polar surface area (TPSA) is 55.4 Å². The Morgan fingerprint density at radius 1 is 1.15 bits per heavy atom. The standard InChI is InChI=1S/C19H17ClF3NO3/c1-3-12-4-6-13(7-5-12)18(26)27-11(2)17(25)24-16-10-14(19(21,22)23)8-9-15(16)20/h4-11H,3H2,1-2H3,(H,24,25)/t11-/m0/s1. The number of anilines is 1. The Bertz CT molecular complexity index is 835. The number of amides is 1. The van der Waals surface area contributed by atoms with Crippen LogP contribution in [0.3, 0.4) is 0 Å². The smallest absolute Gasteiger partial charge is 0.416 e. The van der Waals surface area contributed by atoms with E-state index in [1.807, 2.05) is 6.92 Å². The molecule has 0 aliphatic rings. The van der Waals surface area contributed by atoms with Crippen molar-refractivity contribution in [1.82, 2.24) is 0 Å². The molecule has 27 heavy (non-hydrogen) atoms. The lowest BCUT2D eigenvalue weighted by Gasteiger charge is -2.15. The van der Waals surface area contributed by atoms with Crippen molar-refractivity contribution in [3.05, 3.63) is 64.2 Å². The number of hydrogen-bond donors (Lipinski definition) is 1. The van der Waals surface area contributed by atoms with Gasteiger partial charge in [-0.15, -0.1) is 0 Å². The second-order valence-electron chi connectivity index (χ2n) is 5.78. The molecule has 1 N–H and O–H groups in total. The zero-order valence-corrected chi connectivity index (χ0v) is 15.3. The zero-order valence-electron chi connectivity index (χ0n) is 14.6. The molecule has 2 aromatic carbocycles.